The van der Waals surface area contributed by atoms with Gasteiger partial charge < -0.3 is 15.1 Å². The molecule has 34 heavy (non-hydrogen) atoms. The van der Waals surface area contributed by atoms with Crippen LogP contribution in [0.1, 0.15) is 47.1 Å². The number of rotatable bonds is 1. The van der Waals surface area contributed by atoms with Gasteiger partial charge in [0.1, 0.15) is 17.6 Å². The molecule has 3 aliphatic rings. The van der Waals surface area contributed by atoms with Crippen LogP contribution in [0.2, 0.25) is 0 Å². The molecular formula is C23H23F3N6O2. The first-order valence-corrected chi connectivity index (χ1v) is 11.0. The number of alkyl halides is 2. The molecule has 11 heteroatoms. The van der Waals surface area contributed by atoms with Crippen molar-refractivity contribution in [2.24, 2.45) is 5.41 Å². The Morgan fingerprint density at radius 2 is 2.03 bits per heavy atom. The highest BCUT2D eigenvalue weighted by Gasteiger charge is 2.58. The standard InChI is InChI=1S/C23H23F3N6O2/c1-13-5-18-16(8-31(13)21(34)28-15-3-4-17(24)14(6-15)7-27)19-20(33)30(2)11-22(12-32(19)29-18)9-23(25,26)10-22/h3-4,6,13H,5,8-12H2,1-2H3,(H,28,34). The summed E-state index contributed by atoms with van der Waals surface area (Å²) in [5, 5.41) is 16.3. The Labute approximate surface area is 193 Å². The van der Waals surface area contributed by atoms with Crippen molar-refractivity contribution in [2.45, 2.75) is 51.2 Å². The fraction of sp³-hybridized carbons (Fsp3) is 0.478. The van der Waals surface area contributed by atoms with Gasteiger partial charge in [-0.3, -0.25) is 9.48 Å². The van der Waals surface area contributed by atoms with Crippen LogP contribution in [-0.2, 0) is 19.5 Å². The third kappa shape index (κ3) is 3.57. The number of amides is 3. The summed E-state index contributed by atoms with van der Waals surface area (Å²) in [4.78, 5) is 29.3. The van der Waals surface area contributed by atoms with E-state index in [2.05, 4.69) is 10.4 Å². The van der Waals surface area contributed by atoms with Gasteiger partial charge in [0.05, 0.1) is 17.8 Å². The molecule has 0 bridgehead atoms. The molecule has 2 aliphatic heterocycles. The van der Waals surface area contributed by atoms with Crippen molar-refractivity contribution in [1.82, 2.24) is 19.6 Å². The quantitative estimate of drug-likeness (QED) is 0.689. The summed E-state index contributed by atoms with van der Waals surface area (Å²) in [5.41, 5.74) is 1.02. The number of nitrogens with one attached hydrogen (secondary N) is 1. The lowest BCUT2D eigenvalue weighted by Crippen LogP contribution is -2.53. The highest BCUT2D eigenvalue weighted by Crippen LogP contribution is 2.54. The molecule has 8 nitrogen and oxygen atoms in total. The average Bonchev–Trinajstić information content (AvgIpc) is 3.03. The van der Waals surface area contributed by atoms with Gasteiger partial charge in [0, 0.05) is 62.1 Å². The van der Waals surface area contributed by atoms with E-state index in [1.807, 2.05) is 6.92 Å². The predicted molar refractivity (Wildman–Crippen MR) is 115 cm³/mol. The Balaban J connectivity index is 1.42. The maximum absolute atomic E-state index is 13.7. The molecule has 178 valence electrons. The smallest absolute Gasteiger partial charge is 0.322 e. The first-order chi connectivity index (χ1) is 16.0. The van der Waals surface area contributed by atoms with Crippen molar-refractivity contribution >= 4 is 17.6 Å². The number of aromatic nitrogens is 2. The number of carbonyl (C=O) groups excluding carboxylic acids is 2. The van der Waals surface area contributed by atoms with E-state index in [1.54, 1.807) is 22.7 Å². The van der Waals surface area contributed by atoms with Gasteiger partial charge >= 0.3 is 6.03 Å². The minimum absolute atomic E-state index is 0.118. The molecule has 0 radical (unpaired) electrons. The number of carbonyl (C=O) groups is 2. The number of hydrogen-bond acceptors (Lipinski definition) is 4. The van der Waals surface area contributed by atoms with Crippen LogP contribution in [0.4, 0.5) is 23.7 Å². The minimum Gasteiger partial charge on any atom is -0.340 e. The zero-order valence-corrected chi connectivity index (χ0v) is 18.7. The Morgan fingerprint density at radius 1 is 1.29 bits per heavy atom. The zero-order valence-electron chi connectivity index (χ0n) is 18.7. The number of halogens is 3. The maximum Gasteiger partial charge on any atom is 0.322 e. The van der Waals surface area contributed by atoms with Crippen LogP contribution in [-0.4, -0.2) is 57.1 Å². The summed E-state index contributed by atoms with van der Waals surface area (Å²) >= 11 is 0. The molecule has 5 rings (SSSR count). The van der Waals surface area contributed by atoms with Gasteiger partial charge in [0.25, 0.3) is 5.91 Å². The second-order valence-electron chi connectivity index (χ2n) is 9.72. The van der Waals surface area contributed by atoms with Crippen LogP contribution in [0, 0.1) is 22.6 Å². The van der Waals surface area contributed by atoms with E-state index in [-0.39, 0.29) is 55.7 Å². The SMILES string of the molecule is CC1Cc2nn3c(c2CN1C(=O)Nc1ccc(F)c(C#N)c1)C(=O)N(C)CC1(C3)CC(F)(F)C1. The summed E-state index contributed by atoms with van der Waals surface area (Å²) in [6.45, 7) is 2.42. The van der Waals surface area contributed by atoms with Crippen molar-refractivity contribution in [3.8, 4) is 6.07 Å². The van der Waals surface area contributed by atoms with Gasteiger partial charge in [-0.25, -0.2) is 18.0 Å². The number of nitriles is 1. The number of hydrogen-bond donors (Lipinski definition) is 1. The molecular weight excluding hydrogens is 449 g/mol. The Hall–Kier alpha value is -3.55. The highest BCUT2D eigenvalue weighted by molar-refractivity contribution is 5.95. The van der Waals surface area contributed by atoms with Crippen LogP contribution < -0.4 is 5.32 Å². The second-order valence-corrected chi connectivity index (χ2v) is 9.72. The third-order valence-electron chi connectivity index (χ3n) is 6.96. The molecule has 1 aliphatic carbocycles. The van der Waals surface area contributed by atoms with Crippen molar-refractivity contribution in [2.75, 3.05) is 18.9 Å². The van der Waals surface area contributed by atoms with Crippen molar-refractivity contribution in [1.29, 1.82) is 5.26 Å². The summed E-state index contributed by atoms with van der Waals surface area (Å²) in [7, 11) is 1.60. The molecule has 1 aromatic carbocycles. The summed E-state index contributed by atoms with van der Waals surface area (Å²) < 4.78 is 42.7. The number of fused-ring (bicyclic) bond motifs is 3. The lowest BCUT2D eigenvalue weighted by atomic mass is 9.65. The van der Waals surface area contributed by atoms with E-state index in [0.29, 0.717) is 23.4 Å². The summed E-state index contributed by atoms with van der Waals surface area (Å²) in [6.07, 6.45) is -0.167. The van der Waals surface area contributed by atoms with Gasteiger partial charge in [0.2, 0.25) is 5.92 Å². The lowest BCUT2D eigenvalue weighted by Gasteiger charge is -2.47. The maximum atomic E-state index is 13.7. The van der Waals surface area contributed by atoms with Crippen LogP contribution >= 0.6 is 0 Å². The molecule has 1 atom stereocenters. The topological polar surface area (TPSA) is 94.3 Å². The molecule has 2 aromatic rings. The molecule has 3 heterocycles. The predicted octanol–water partition coefficient (Wildman–Crippen LogP) is 3.37. The van der Waals surface area contributed by atoms with E-state index < -0.39 is 23.2 Å². The van der Waals surface area contributed by atoms with Crippen LogP contribution in [0.15, 0.2) is 18.2 Å². The van der Waals surface area contributed by atoms with Crippen molar-refractivity contribution in [3.05, 3.63) is 46.5 Å². The Morgan fingerprint density at radius 3 is 2.71 bits per heavy atom. The molecule has 1 N–H and O–H groups in total. The van der Waals surface area contributed by atoms with Gasteiger partial charge in [-0.2, -0.15) is 10.4 Å². The van der Waals surface area contributed by atoms with E-state index in [4.69, 9.17) is 5.26 Å². The lowest BCUT2D eigenvalue weighted by molar-refractivity contribution is -0.170. The van der Waals surface area contributed by atoms with E-state index in [1.165, 1.54) is 17.0 Å². The van der Waals surface area contributed by atoms with E-state index in [9.17, 15) is 22.8 Å². The minimum atomic E-state index is -2.73. The first-order valence-electron chi connectivity index (χ1n) is 11.0. The molecule has 1 unspecified atom stereocenters. The Bertz CT molecular complexity index is 1240. The molecule has 3 amide bonds. The average molecular weight is 472 g/mol. The van der Waals surface area contributed by atoms with Gasteiger partial charge in [0.15, 0.2) is 0 Å². The monoisotopic (exact) mass is 472 g/mol. The van der Waals surface area contributed by atoms with Crippen LogP contribution in [0.5, 0.6) is 0 Å². The Kier molecular flexibility index (Phi) is 4.90. The molecule has 1 aromatic heterocycles. The molecule has 1 saturated carbocycles. The number of anilines is 1. The van der Waals surface area contributed by atoms with Crippen LogP contribution in [0.25, 0.3) is 0 Å². The van der Waals surface area contributed by atoms with Gasteiger partial charge in [-0.05, 0) is 25.1 Å². The van der Waals surface area contributed by atoms with Crippen molar-refractivity contribution in [3.63, 3.8) is 0 Å². The van der Waals surface area contributed by atoms with E-state index >= 15 is 0 Å². The number of urea groups is 1. The van der Waals surface area contributed by atoms with E-state index in [0.717, 1.165) is 6.07 Å². The number of benzene rings is 1. The molecule has 0 saturated heterocycles. The largest absolute Gasteiger partial charge is 0.340 e. The number of nitrogens with zero attached hydrogens (tertiary/aromatic N) is 5. The second kappa shape index (κ2) is 7.48. The zero-order chi connectivity index (χ0) is 24.4. The first kappa shape index (κ1) is 22.3. The highest BCUT2D eigenvalue weighted by atomic mass is 19.3. The fourth-order valence-corrected chi connectivity index (χ4v) is 5.50. The van der Waals surface area contributed by atoms with Crippen LogP contribution in [0.3, 0.4) is 0 Å². The van der Waals surface area contributed by atoms with Gasteiger partial charge in [-0.1, -0.05) is 0 Å². The fourth-order valence-electron chi connectivity index (χ4n) is 5.50. The van der Waals surface area contributed by atoms with Gasteiger partial charge in [-0.15, -0.1) is 0 Å². The summed E-state index contributed by atoms with van der Waals surface area (Å²) in [6, 6.07) is 4.76. The normalized spacial score (nSPS) is 22.4. The third-order valence-corrected chi connectivity index (χ3v) is 6.96. The van der Waals surface area contributed by atoms with Crippen molar-refractivity contribution < 1.29 is 22.8 Å². The molecule has 1 spiro atoms. The summed E-state index contributed by atoms with van der Waals surface area (Å²) in [5.74, 6) is -3.70. The molecule has 1 fully saturated rings.